The fourth-order valence-corrected chi connectivity index (χ4v) is 4.08. The second-order valence-corrected chi connectivity index (χ2v) is 8.18. The molecule has 2 N–H and O–H groups in total. The highest BCUT2D eigenvalue weighted by Gasteiger charge is 2.45. The second kappa shape index (κ2) is 6.44. The summed E-state index contributed by atoms with van der Waals surface area (Å²) in [6.07, 6.45) is 4.85. The van der Waals surface area contributed by atoms with Crippen molar-refractivity contribution in [2.75, 3.05) is 18.4 Å². The van der Waals surface area contributed by atoms with Crippen LogP contribution in [0.4, 0.5) is 6.01 Å². The summed E-state index contributed by atoms with van der Waals surface area (Å²) in [5, 5.41) is 22.3. The first kappa shape index (κ1) is 17.4. The van der Waals surface area contributed by atoms with Crippen LogP contribution in [0, 0.1) is 5.41 Å². The Morgan fingerprint density at radius 1 is 1.25 bits per heavy atom. The lowest BCUT2D eigenvalue weighted by Crippen LogP contribution is -2.45. The second-order valence-electron chi connectivity index (χ2n) is 7.75. The molecular formula is C18H20ClN7O2. The average Bonchev–Trinajstić information content (AvgIpc) is 3.08. The molecule has 0 bridgehead atoms. The number of benzene rings is 1. The van der Waals surface area contributed by atoms with Gasteiger partial charge < -0.3 is 14.6 Å². The number of nitrogens with one attached hydrogen (secondary N) is 2. The van der Waals surface area contributed by atoms with Gasteiger partial charge in [-0.05, 0) is 50.2 Å². The quantitative estimate of drug-likeness (QED) is 0.691. The highest BCUT2D eigenvalue weighted by molar-refractivity contribution is 6.31. The smallest absolute Gasteiger partial charge is 0.316 e. The van der Waals surface area contributed by atoms with Gasteiger partial charge >= 0.3 is 6.01 Å². The predicted molar refractivity (Wildman–Crippen MR) is 103 cm³/mol. The number of carbonyl (C=O) groups excluding carboxylic acids is 1. The number of nitrogens with zero attached hydrogens (tertiary/aromatic N) is 5. The SMILES string of the molecule is C[C@@H](Nc1nnc(-c2cc(Cl)cc3n[nH]nc23)o1)C(=O)N1CCC2(CC1)CC2. The Hall–Kier alpha value is -2.68. The summed E-state index contributed by atoms with van der Waals surface area (Å²) in [5.41, 5.74) is 2.32. The molecule has 28 heavy (non-hydrogen) atoms. The van der Waals surface area contributed by atoms with Crippen LogP contribution >= 0.6 is 11.6 Å². The van der Waals surface area contributed by atoms with Crippen molar-refractivity contribution >= 4 is 34.6 Å². The van der Waals surface area contributed by atoms with Crippen molar-refractivity contribution in [2.24, 2.45) is 5.41 Å². The van der Waals surface area contributed by atoms with Gasteiger partial charge in [0.2, 0.25) is 5.91 Å². The molecule has 146 valence electrons. The third-order valence-corrected chi connectivity index (χ3v) is 6.06. The number of anilines is 1. The largest absolute Gasteiger partial charge is 0.403 e. The molecule has 2 aliphatic rings. The maximum absolute atomic E-state index is 12.7. The van der Waals surface area contributed by atoms with Gasteiger partial charge in [0.05, 0.1) is 5.56 Å². The number of likely N-dealkylation sites (tertiary alicyclic amines) is 1. The average molecular weight is 402 g/mol. The molecule has 5 rings (SSSR count). The molecule has 1 aliphatic carbocycles. The zero-order chi connectivity index (χ0) is 19.3. The number of H-pyrrole nitrogens is 1. The Labute approximate surface area is 165 Å². The predicted octanol–water partition coefficient (Wildman–Crippen LogP) is 2.86. The van der Waals surface area contributed by atoms with E-state index in [1.165, 1.54) is 12.8 Å². The number of fused-ring (bicyclic) bond motifs is 1. The van der Waals surface area contributed by atoms with E-state index in [1.807, 2.05) is 11.8 Å². The molecule has 0 unspecified atom stereocenters. The monoisotopic (exact) mass is 401 g/mol. The number of halogens is 1. The van der Waals surface area contributed by atoms with Gasteiger partial charge in [0, 0.05) is 18.1 Å². The number of amides is 1. The maximum Gasteiger partial charge on any atom is 0.316 e. The third-order valence-electron chi connectivity index (χ3n) is 5.85. The summed E-state index contributed by atoms with van der Waals surface area (Å²) in [6, 6.07) is 3.13. The van der Waals surface area contributed by atoms with Gasteiger partial charge in [0.25, 0.3) is 5.89 Å². The van der Waals surface area contributed by atoms with Gasteiger partial charge in [0.1, 0.15) is 17.1 Å². The minimum atomic E-state index is -0.451. The Morgan fingerprint density at radius 3 is 2.79 bits per heavy atom. The van der Waals surface area contributed by atoms with Gasteiger partial charge in [-0.3, -0.25) is 4.79 Å². The van der Waals surface area contributed by atoms with Crippen molar-refractivity contribution < 1.29 is 9.21 Å². The Balaban J connectivity index is 1.29. The van der Waals surface area contributed by atoms with Gasteiger partial charge in [0.15, 0.2) is 0 Å². The lowest BCUT2D eigenvalue weighted by molar-refractivity contribution is -0.133. The van der Waals surface area contributed by atoms with E-state index < -0.39 is 6.04 Å². The minimum absolute atomic E-state index is 0.0527. The van der Waals surface area contributed by atoms with Crippen LogP contribution in [0.3, 0.4) is 0 Å². The highest BCUT2D eigenvalue weighted by atomic mass is 35.5. The first-order chi connectivity index (χ1) is 13.5. The Bertz CT molecular complexity index is 1030. The zero-order valence-electron chi connectivity index (χ0n) is 15.4. The van der Waals surface area contributed by atoms with E-state index in [0.717, 1.165) is 25.9 Å². The van der Waals surface area contributed by atoms with Crippen LogP contribution in [0.25, 0.3) is 22.5 Å². The van der Waals surface area contributed by atoms with Crippen LogP contribution in [0.2, 0.25) is 5.02 Å². The van der Waals surface area contributed by atoms with Crippen LogP contribution in [0.1, 0.15) is 32.6 Å². The molecule has 1 amide bonds. The maximum atomic E-state index is 12.7. The molecule has 10 heteroatoms. The summed E-state index contributed by atoms with van der Waals surface area (Å²) in [7, 11) is 0. The van der Waals surface area contributed by atoms with E-state index >= 15 is 0 Å². The molecule has 9 nitrogen and oxygen atoms in total. The Kier molecular flexibility index (Phi) is 4.01. The van der Waals surface area contributed by atoms with Crippen molar-refractivity contribution in [2.45, 2.75) is 38.6 Å². The first-order valence-corrected chi connectivity index (χ1v) is 9.80. The van der Waals surface area contributed by atoms with Gasteiger partial charge in [-0.1, -0.05) is 16.7 Å². The van der Waals surface area contributed by atoms with Crippen LogP contribution in [-0.4, -0.2) is 55.5 Å². The van der Waals surface area contributed by atoms with Crippen molar-refractivity contribution in [3.8, 4) is 11.5 Å². The molecule has 1 atom stereocenters. The topological polar surface area (TPSA) is 113 Å². The van der Waals surface area contributed by atoms with Crippen LogP contribution in [-0.2, 0) is 4.79 Å². The first-order valence-electron chi connectivity index (χ1n) is 9.42. The highest BCUT2D eigenvalue weighted by Crippen LogP contribution is 2.53. The lowest BCUT2D eigenvalue weighted by atomic mass is 9.93. The summed E-state index contributed by atoms with van der Waals surface area (Å²) in [5.74, 6) is 0.314. The third kappa shape index (κ3) is 3.09. The minimum Gasteiger partial charge on any atom is -0.403 e. The van der Waals surface area contributed by atoms with Crippen molar-refractivity contribution in [3.05, 3.63) is 17.2 Å². The molecule has 1 aliphatic heterocycles. The summed E-state index contributed by atoms with van der Waals surface area (Å²) in [6.45, 7) is 3.46. The number of aromatic nitrogens is 5. The van der Waals surface area contributed by atoms with Crippen molar-refractivity contribution in [1.82, 2.24) is 30.5 Å². The molecule has 3 heterocycles. The molecule has 1 spiro atoms. The fourth-order valence-electron chi connectivity index (χ4n) is 3.87. The lowest BCUT2D eigenvalue weighted by Gasteiger charge is -2.33. The van der Waals surface area contributed by atoms with Crippen molar-refractivity contribution in [1.29, 1.82) is 0 Å². The number of hydrogen-bond acceptors (Lipinski definition) is 7. The molecule has 1 saturated heterocycles. The molecule has 2 aromatic heterocycles. The molecular weight excluding hydrogens is 382 g/mol. The number of piperidine rings is 1. The fraction of sp³-hybridized carbons (Fsp3) is 0.500. The van der Waals surface area contributed by atoms with Gasteiger partial charge in [-0.25, -0.2) is 0 Å². The molecule has 0 radical (unpaired) electrons. The van der Waals surface area contributed by atoms with Gasteiger partial charge in [-0.2, -0.15) is 15.4 Å². The van der Waals surface area contributed by atoms with E-state index in [1.54, 1.807) is 12.1 Å². The number of aromatic amines is 1. The van der Waals surface area contributed by atoms with E-state index in [-0.39, 0.29) is 17.8 Å². The standard InChI is InChI=1S/C18H20ClN7O2/c1-10(16(27)26-6-4-18(2-3-18)5-7-26)20-17-24-23-15(28-17)12-8-11(19)9-13-14(12)22-25-21-13/h8-10H,2-7H2,1H3,(H,20,24)(H,21,22,25)/t10-/m1/s1. The van der Waals surface area contributed by atoms with Crippen LogP contribution < -0.4 is 5.32 Å². The normalized spacial score (nSPS) is 19.1. The summed E-state index contributed by atoms with van der Waals surface area (Å²) in [4.78, 5) is 14.7. The summed E-state index contributed by atoms with van der Waals surface area (Å²) < 4.78 is 5.71. The molecule has 1 saturated carbocycles. The molecule has 1 aromatic carbocycles. The molecule has 3 aromatic rings. The van der Waals surface area contributed by atoms with Crippen LogP contribution in [0.5, 0.6) is 0 Å². The Morgan fingerprint density at radius 2 is 2.04 bits per heavy atom. The van der Waals surface area contributed by atoms with E-state index in [9.17, 15) is 4.79 Å². The van der Waals surface area contributed by atoms with Crippen molar-refractivity contribution in [3.63, 3.8) is 0 Å². The number of hydrogen-bond donors (Lipinski definition) is 2. The number of carbonyl (C=O) groups is 1. The van der Waals surface area contributed by atoms with E-state index in [0.29, 0.717) is 27.0 Å². The molecule has 2 fully saturated rings. The van der Waals surface area contributed by atoms with Crippen LogP contribution in [0.15, 0.2) is 16.5 Å². The van der Waals surface area contributed by atoms with Gasteiger partial charge in [-0.15, -0.1) is 5.10 Å². The zero-order valence-corrected chi connectivity index (χ0v) is 16.2. The van der Waals surface area contributed by atoms with E-state index in [2.05, 4.69) is 30.9 Å². The van der Waals surface area contributed by atoms with E-state index in [4.69, 9.17) is 16.0 Å². The summed E-state index contributed by atoms with van der Waals surface area (Å²) >= 11 is 6.14. The number of rotatable bonds is 4.